The molecule has 0 bridgehead atoms. The second kappa shape index (κ2) is 6.27. The van der Waals surface area contributed by atoms with Gasteiger partial charge in [0.2, 0.25) is 0 Å². The van der Waals surface area contributed by atoms with Crippen LogP contribution in [-0.2, 0) is 0 Å². The molecule has 2 aliphatic rings. The first-order valence-electron chi connectivity index (χ1n) is 7.95. The number of carbonyl (C=O) groups is 1. The van der Waals surface area contributed by atoms with Crippen LogP contribution in [0.2, 0.25) is 5.02 Å². The summed E-state index contributed by atoms with van der Waals surface area (Å²) >= 11 is 6.10. The smallest absolute Gasteiger partial charge is 0.252 e. The molecule has 4 heteroatoms. The summed E-state index contributed by atoms with van der Waals surface area (Å²) in [5, 5.41) is 6.73. The molecule has 0 aliphatic heterocycles. The molecule has 2 saturated carbocycles. The average molecular weight is 307 g/mol. The number of carbonyl (C=O) groups excluding carboxylic acids is 1. The highest BCUT2D eigenvalue weighted by Gasteiger charge is 2.34. The highest BCUT2D eigenvalue weighted by molar-refractivity contribution is 6.34. The van der Waals surface area contributed by atoms with E-state index >= 15 is 0 Å². The summed E-state index contributed by atoms with van der Waals surface area (Å²) in [5.41, 5.74) is 1.54. The quantitative estimate of drug-likeness (QED) is 0.880. The fraction of sp³-hybridized carbons (Fsp3) is 0.588. The molecule has 0 saturated heterocycles. The zero-order chi connectivity index (χ0) is 14.8. The van der Waals surface area contributed by atoms with Gasteiger partial charge in [0, 0.05) is 18.8 Å². The molecule has 2 unspecified atom stereocenters. The molecule has 114 valence electrons. The van der Waals surface area contributed by atoms with Crippen LogP contribution < -0.4 is 10.6 Å². The van der Waals surface area contributed by atoms with Gasteiger partial charge in [-0.25, -0.2) is 0 Å². The molecule has 2 atom stereocenters. The largest absolute Gasteiger partial charge is 0.382 e. The van der Waals surface area contributed by atoms with Gasteiger partial charge in [0.1, 0.15) is 0 Å². The number of benzene rings is 1. The van der Waals surface area contributed by atoms with E-state index in [-0.39, 0.29) is 5.91 Å². The molecule has 3 nitrogen and oxygen atoms in total. The standard InChI is InChI=1S/C17H23ClN2O/c1-19-17(21)15-10-14(7-8-16(15)18)20-13-4-2-3-12(9-13)11-5-6-11/h7-8,10-13,20H,2-6,9H2,1H3,(H,19,21). The molecule has 2 aliphatic carbocycles. The summed E-state index contributed by atoms with van der Waals surface area (Å²) in [6.07, 6.45) is 8.06. The van der Waals surface area contributed by atoms with Gasteiger partial charge in [-0.2, -0.15) is 0 Å². The predicted octanol–water partition coefficient (Wildman–Crippen LogP) is 4.08. The van der Waals surface area contributed by atoms with Crippen LogP contribution in [0.15, 0.2) is 18.2 Å². The minimum absolute atomic E-state index is 0.136. The van der Waals surface area contributed by atoms with Crippen molar-refractivity contribution in [3.63, 3.8) is 0 Å². The van der Waals surface area contributed by atoms with Gasteiger partial charge in [-0.05, 0) is 55.7 Å². The molecule has 0 radical (unpaired) electrons. The molecule has 1 aromatic carbocycles. The van der Waals surface area contributed by atoms with Crippen molar-refractivity contribution < 1.29 is 4.79 Å². The van der Waals surface area contributed by atoms with Crippen molar-refractivity contribution in [3.05, 3.63) is 28.8 Å². The number of amides is 1. The minimum Gasteiger partial charge on any atom is -0.382 e. The number of hydrogen-bond donors (Lipinski definition) is 2. The van der Waals surface area contributed by atoms with Gasteiger partial charge in [-0.1, -0.05) is 24.4 Å². The SMILES string of the molecule is CNC(=O)c1cc(NC2CCCC(C3CC3)C2)ccc1Cl. The van der Waals surface area contributed by atoms with Crippen molar-refractivity contribution in [1.29, 1.82) is 0 Å². The molecular weight excluding hydrogens is 284 g/mol. The van der Waals surface area contributed by atoms with Crippen LogP contribution in [-0.4, -0.2) is 19.0 Å². The third kappa shape index (κ3) is 3.52. The van der Waals surface area contributed by atoms with E-state index in [2.05, 4.69) is 10.6 Å². The first kappa shape index (κ1) is 14.7. The summed E-state index contributed by atoms with van der Waals surface area (Å²) in [6, 6.07) is 6.16. The van der Waals surface area contributed by atoms with Crippen molar-refractivity contribution in [1.82, 2.24) is 5.32 Å². The van der Waals surface area contributed by atoms with Crippen LogP contribution in [0.1, 0.15) is 48.9 Å². The maximum absolute atomic E-state index is 11.8. The van der Waals surface area contributed by atoms with Crippen LogP contribution in [0.25, 0.3) is 0 Å². The minimum atomic E-state index is -0.136. The number of nitrogens with one attached hydrogen (secondary N) is 2. The van der Waals surface area contributed by atoms with Gasteiger partial charge in [-0.3, -0.25) is 4.79 Å². The average Bonchev–Trinajstić information content (AvgIpc) is 3.33. The Morgan fingerprint density at radius 1 is 1.19 bits per heavy atom. The number of anilines is 1. The first-order valence-corrected chi connectivity index (χ1v) is 8.33. The van der Waals surface area contributed by atoms with Crippen LogP contribution in [0.3, 0.4) is 0 Å². The zero-order valence-electron chi connectivity index (χ0n) is 12.5. The Kier molecular flexibility index (Phi) is 4.39. The second-order valence-electron chi connectivity index (χ2n) is 6.38. The number of halogens is 1. The Hall–Kier alpha value is -1.22. The van der Waals surface area contributed by atoms with Crippen molar-refractivity contribution in [2.45, 2.75) is 44.6 Å². The van der Waals surface area contributed by atoms with Crippen molar-refractivity contribution in [2.24, 2.45) is 11.8 Å². The van der Waals surface area contributed by atoms with E-state index in [0.717, 1.165) is 17.5 Å². The van der Waals surface area contributed by atoms with Crippen molar-refractivity contribution in [3.8, 4) is 0 Å². The molecule has 2 fully saturated rings. The summed E-state index contributed by atoms with van der Waals surface area (Å²) in [7, 11) is 1.63. The van der Waals surface area contributed by atoms with Gasteiger partial charge in [0.15, 0.2) is 0 Å². The molecule has 0 heterocycles. The first-order chi connectivity index (χ1) is 10.2. The fourth-order valence-electron chi connectivity index (χ4n) is 3.51. The molecule has 0 spiro atoms. The zero-order valence-corrected chi connectivity index (χ0v) is 13.2. The van der Waals surface area contributed by atoms with Gasteiger partial charge in [-0.15, -0.1) is 0 Å². The Bertz CT molecular complexity index is 528. The third-order valence-corrected chi connectivity index (χ3v) is 5.14. The molecule has 3 rings (SSSR count). The molecule has 2 N–H and O–H groups in total. The lowest BCUT2D eigenvalue weighted by Crippen LogP contribution is -2.28. The Morgan fingerprint density at radius 3 is 2.71 bits per heavy atom. The monoisotopic (exact) mass is 306 g/mol. The lowest BCUT2D eigenvalue weighted by Gasteiger charge is -2.30. The van der Waals surface area contributed by atoms with Crippen LogP contribution in [0.5, 0.6) is 0 Å². The van der Waals surface area contributed by atoms with E-state index in [4.69, 9.17) is 11.6 Å². The van der Waals surface area contributed by atoms with Gasteiger partial charge < -0.3 is 10.6 Å². The normalized spacial score (nSPS) is 25.4. The summed E-state index contributed by atoms with van der Waals surface area (Å²) in [6.45, 7) is 0. The Balaban J connectivity index is 1.67. The van der Waals surface area contributed by atoms with Crippen LogP contribution in [0.4, 0.5) is 5.69 Å². The Labute approximate surface area is 131 Å². The maximum Gasteiger partial charge on any atom is 0.252 e. The second-order valence-corrected chi connectivity index (χ2v) is 6.79. The maximum atomic E-state index is 11.8. The van der Waals surface area contributed by atoms with Gasteiger partial charge in [0.25, 0.3) is 5.91 Å². The third-order valence-electron chi connectivity index (χ3n) is 4.81. The highest BCUT2D eigenvalue weighted by atomic mass is 35.5. The summed E-state index contributed by atoms with van der Waals surface area (Å²) in [4.78, 5) is 11.8. The molecule has 21 heavy (non-hydrogen) atoms. The Morgan fingerprint density at radius 2 is 2.00 bits per heavy atom. The molecule has 0 aromatic heterocycles. The van der Waals surface area contributed by atoms with E-state index in [0.29, 0.717) is 16.6 Å². The summed E-state index contributed by atoms with van der Waals surface area (Å²) < 4.78 is 0. The number of rotatable bonds is 4. The number of hydrogen-bond acceptors (Lipinski definition) is 2. The molecule has 1 amide bonds. The van der Waals surface area contributed by atoms with Crippen molar-refractivity contribution >= 4 is 23.2 Å². The lowest BCUT2D eigenvalue weighted by atomic mass is 9.82. The van der Waals surface area contributed by atoms with E-state index < -0.39 is 0 Å². The van der Waals surface area contributed by atoms with Crippen molar-refractivity contribution in [2.75, 3.05) is 12.4 Å². The van der Waals surface area contributed by atoms with Crippen LogP contribution >= 0.6 is 11.6 Å². The van der Waals surface area contributed by atoms with E-state index in [1.165, 1.54) is 38.5 Å². The topological polar surface area (TPSA) is 41.1 Å². The summed E-state index contributed by atoms with van der Waals surface area (Å²) in [5.74, 6) is 1.76. The fourth-order valence-corrected chi connectivity index (χ4v) is 3.72. The van der Waals surface area contributed by atoms with Gasteiger partial charge in [0.05, 0.1) is 10.6 Å². The predicted molar refractivity (Wildman–Crippen MR) is 86.9 cm³/mol. The van der Waals surface area contributed by atoms with E-state index in [1.807, 2.05) is 12.1 Å². The molecule has 1 aromatic rings. The highest BCUT2D eigenvalue weighted by Crippen LogP contribution is 2.44. The van der Waals surface area contributed by atoms with E-state index in [1.54, 1.807) is 13.1 Å². The van der Waals surface area contributed by atoms with Gasteiger partial charge >= 0.3 is 0 Å². The molecular formula is C17H23ClN2O. The van der Waals surface area contributed by atoms with Crippen LogP contribution in [0, 0.1) is 11.8 Å². The van der Waals surface area contributed by atoms with E-state index in [9.17, 15) is 4.79 Å². The lowest BCUT2D eigenvalue weighted by molar-refractivity contribution is 0.0963.